The van der Waals surface area contributed by atoms with Crippen molar-refractivity contribution in [2.45, 2.75) is 33.6 Å². The molecule has 0 saturated carbocycles. The Balaban J connectivity index is 2.28. The summed E-state index contributed by atoms with van der Waals surface area (Å²) in [6, 6.07) is 9.58. The molecule has 0 atom stereocenters. The average molecular weight is 374 g/mol. The summed E-state index contributed by atoms with van der Waals surface area (Å²) in [5.74, 6) is -0.302. The molecule has 0 saturated heterocycles. The third-order valence-electron chi connectivity index (χ3n) is 4.10. The molecule has 130 valence electrons. The highest BCUT2D eigenvalue weighted by Crippen LogP contribution is 2.39. The number of aromatic nitrogens is 1. The van der Waals surface area contributed by atoms with Crippen LogP contribution in [0.2, 0.25) is 5.02 Å². The van der Waals surface area contributed by atoms with Gasteiger partial charge in [0.25, 0.3) is 0 Å². The van der Waals surface area contributed by atoms with Crippen molar-refractivity contribution in [2.75, 3.05) is 0 Å². The first kappa shape index (κ1) is 17.9. The van der Waals surface area contributed by atoms with Crippen molar-refractivity contribution in [1.29, 1.82) is 0 Å². The number of thiazole rings is 1. The molecule has 0 radical (unpaired) electrons. The number of hydrogen-bond donors (Lipinski definition) is 1. The predicted molar refractivity (Wildman–Crippen MR) is 105 cm³/mol. The van der Waals surface area contributed by atoms with Crippen LogP contribution in [0.4, 0.5) is 0 Å². The molecule has 3 nitrogen and oxygen atoms in total. The predicted octanol–water partition coefficient (Wildman–Crippen LogP) is 5.75. The van der Waals surface area contributed by atoms with Crippen LogP contribution in [0.5, 0.6) is 0 Å². The lowest BCUT2D eigenvalue weighted by Gasteiger charge is -2.13. The van der Waals surface area contributed by atoms with Crippen LogP contribution in [0.1, 0.15) is 30.0 Å². The third kappa shape index (κ3) is 3.86. The van der Waals surface area contributed by atoms with Crippen molar-refractivity contribution in [1.82, 2.24) is 4.98 Å². The Hall–Kier alpha value is -1.91. The Labute approximate surface area is 156 Å². The van der Waals surface area contributed by atoms with Crippen LogP contribution in [0.15, 0.2) is 30.3 Å². The highest BCUT2D eigenvalue weighted by atomic mass is 35.5. The molecular formula is C20H20ClNO2S. The zero-order chi connectivity index (χ0) is 18.1. The molecule has 1 heterocycles. The summed E-state index contributed by atoms with van der Waals surface area (Å²) in [6.45, 7) is 6.30. The lowest BCUT2D eigenvalue weighted by atomic mass is 9.93. The Bertz CT molecular complexity index is 929. The highest BCUT2D eigenvalue weighted by Gasteiger charge is 2.19. The molecular weight excluding hydrogens is 354 g/mol. The number of benzene rings is 2. The number of fused-ring (bicyclic) bond motifs is 1. The van der Waals surface area contributed by atoms with Gasteiger partial charge in [0.05, 0.1) is 21.6 Å². The van der Waals surface area contributed by atoms with Gasteiger partial charge >= 0.3 is 5.97 Å². The average Bonchev–Trinajstić information content (AvgIpc) is 2.89. The maximum atomic E-state index is 11.4. The maximum Gasteiger partial charge on any atom is 0.307 e. The van der Waals surface area contributed by atoms with E-state index in [1.54, 1.807) is 11.3 Å². The quantitative estimate of drug-likeness (QED) is 0.619. The minimum atomic E-state index is -0.829. The third-order valence-corrected chi connectivity index (χ3v) is 5.46. The molecule has 0 bridgehead atoms. The van der Waals surface area contributed by atoms with Crippen LogP contribution in [0.3, 0.4) is 0 Å². The van der Waals surface area contributed by atoms with Gasteiger partial charge in [-0.15, -0.1) is 11.3 Å². The van der Waals surface area contributed by atoms with Gasteiger partial charge in [0, 0.05) is 17.0 Å². The number of hydrogen-bond acceptors (Lipinski definition) is 3. The number of aliphatic carboxylic acids is 1. The molecule has 0 spiro atoms. The van der Waals surface area contributed by atoms with E-state index in [1.165, 1.54) is 0 Å². The summed E-state index contributed by atoms with van der Waals surface area (Å²) in [5.41, 5.74) is 4.70. The molecule has 0 unspecified atom stereocenters. The SMILES string of the molecule is Cc1cc2nc(CC(C)C)sc2c(-c2ccc(Cl)cc2)c1CC(=O)O. The number of halogens is 1. The van der Waals surface area contributed by atoms with E-state index in [-0.39, 0.29) is 6.42 Å². The molecule has 5 heteroatoms. The monoisotopic (exact) mass is 373 g/mol. The van der Waals surface area contributed by atoms with Crippen LogP contribution in [-0.4, -0.2) is 16.1 Å². The molecule has 1 aromatic heterocycles. The number of nitrogens with zero attached hydrogens (tertiary/aromatic N) is 1. The fourth-order valence-electron chi connectivity index (χ4n) is 3.02. The Kier molecular flexibility index (Phi) is 5.11. The van der Waals surface area contributed by atoms with Gasteiger partial charge in [-0.2, -0.15) is 0 Å². The van der Waals surface area contributed by atoms with E-state index in [9.17, 15) is 9.90 Å². The topological polar surface area (TPSA) is 50.2 Å². The van der Waals surface area contributed by atoms with E-state index in [4.69, 9.17) is 16.6 Å². The molecule has 0 aliphatic rings. The number of rotatable bonds is 5. The van der Waals surface area contributed by atoms with Crippen molar-refractivity contribution >= 4 is 39.1 Å². The molecule has 3 aromatic rings. The summed E-state index contributed by atoms with van der Waals surface area (Å²) in [5, 5.41) is 11.1. The first-order valence-corrected chi connectivity index (χ1v) is 9.44. The first-order chi connectivity index (χ1) is 11.8. The summed E-state index contributed by atoms with van der Waals surface area (Å²) in [4.78, 5) is 16.2. The van der Waals surface area contributed by atoms with E-state index in [2.05, 4.69) is 13.8 Å². The number of aryl methyl sites for hydroxylation is 1. The van der Waals surface area contributed by atoms with Gasteiger partial charge < -0.3 is 5.11 Å². The Morgan fingerprint density at radius 2 is 1.96 bits per heavy atom. The fourth-order valence-corrected chi connectivity index (χ4v) is 4.49. The van der Waals surface area contributed by atoms with E-state index < -0.39 is 5.97 Å². The normalized spacial score (nSPS) is 11.4. The zero-order valence-corrected chi connectivity index (χ0v) is 16.0. The van der Waals surface area contributed by atoms with Gasteiger partial charge in [-0.1, -0.05) is 37.6 Å². The van der Waals surface area contributed by atoms with Crippen molar-refractivity contribution in [2.24, 2.45) is 5.92 Å². The molecule has 0 fully saturated rings. The minimum absolute atomic E-state index is 0.00283. The summed E-state index contributed by atoms with van der Waals surface area (Å²) in [7, 11) is 0. The van der Waals surface area contributed by atoms with Crippen LogP contribution >= 0.6 is 22.9 Å². The summed E-state index contributed by atoms with van der Waals surface area (Å²) >= 11 is 7.69. The molecule has 3 rings (SSSR count). The van der Waals surface area contributed by atoms with E-state index >= 15 is 0 Å². The number of carboxylic acid groups (broad SMARTS) is 1. The minimum Gasteiger partial charge on any atom is -0.481 e. The van der Waals surface area contributed by atoms with Gasteiger partial charge in [-0.3, -0.25) is 4.79 Å². The fraction of sp³-hybridized carbons (Fsp3) is 0.300. The van der Waals surface area contributed by atoms with Crippen LogP contribution < -0.4 is 0 Å². The summed E-state index contributed by atoms with van der Waals surface area (Å²) < 4.78 is 1.06. The molecule has 1 N–H and O–H groups in total. The second-order valence-corrected chi connectivity index (χ2v) is 8.20. The van der Waals surface area contributed by atoms with Crippen molar-refractivity contribution in [3.8, 4) is 11.1 Å². The Morgan fingerprint density at radius 1 is 1.28 bits per heavy atom. The van der Waals surface area contributed by atoms with E-state index in [0.717, 1.165) is 43.9 Å². The van der Waals surface area contributed by atoms with Gasteiger partial charge in [-0.25, -0.2) is 4.98 Å². The van der Waals surface area contributed by atoms with Crippen molar-refractivity contribution < 1.29 is 9.90 Å². The molecule has 0 amide bonds. The number of carboxylic acids is 1. The lowest BCUT2D eigenvalue weighted by molar-refractivity contribution is -0.136. The molecule has 2 aromatic carbocycles. The second-order valence-electron chi connectivity index (χ2n) is 6.68. The van der Waals surface area contributed by atoms with Gasteiger partial charge in [0.1, 0.15) is 0 Å². The first-order valence-electron chi connectivity index (χ1n) is 8.24. The number of carbonyl (C=O) groups is 1. The highest BCUT2D eigenvalue weighted by molar-refractivity contribution is 7.19. The Morgan fingerprint density at radius 3 is 2.56 bits per heavy atom. The van der Waals surface area contributed by atoms with Crippen LogP contribution in [-0.2, 0) is 17.6 Å². The summed E-state index contributed by atoms with van der Waals surface area (Å²) in [6.07, 6.45) is 0.920. The van der Waals surface area contributed by atoms with Gasteiger partial charge in [-0.05, 0) is 47.7 Å². The zero-order valence-electron chi connectivity index (χ0n) is 14.5. The maximum absolute atomic E-state index is 11.4. The molecule has 0 aliphatic carbocycles. The molecule has 25 heavy (non-hydrogen) atoms. The smallest absolute Gasteiger partial charge is 0.307 e. The largest absolute Gasteiger partial charge is 0.481 e. The van der Waals surface area contributed by atoms with Crippen molar-refractivity contribution in [3.63, 3.8) is 0 Å². The molecule has 0 aliphatic heterocycles. The van der Waals surface area contributed by atoms with Crippen LogP contribution in [0.25, 0.3) is 21.3 Å². The second kappa shape index (κ2) is 7.14. The van der Waals surface area contributed by atoms with E-state index in [1.807, 2.05) is 37.3 Å². The van der Waals surface area contributed by atoms with Crippen LogP contribution in [0, 0.1) is 12.8 Å². The van der Waals surface area contributed by atoms with Gasteiger partial charge in [0.2, 0.25) is 0 Å². The lowest BCUT2D eigenvalue weighted by Crippen LogP contribution is -2.04. The van der Waals surface area contributed by atoms with E-state index in [0.29, 0.717) is 10.9 Å². The van der Waals surface area contributed by atoms with Crippen molar-refractivity contribution in [3.05, 3.63) is 51.5 Å². The van der Waals surface area contributed by atoms with Gasteiger partial charge in [0.15, 0.2) is 0 Å². The standard InChI is InChI=1S/C20H20ClNO2S/c1-11(2)8-17-22-16-9-12(3)15(10-18(23)24)19(20(16)25-17)13-4-6-14(21)7-5-13/h4-7,9,11H,8,10H2,1-3H3,(H,23,24).